The molecule has 1 rings (SSSR count). The second kappa shape index (κ2) is 6.01. The molecule has 0 aromatic carbocycles. The van der Waals surface area contributed by atoms with Gasteiger partial charge in [0.2, 0.25) is 5.88 Å². The first kappa shape index (κ1) is 11.5. The largest absolute Gasteiger partial charge is 0.477 e. The highest BCUT2D eigenvalue weighted by molar-refractivity contribution is 5.90. The lowest BCUT2D eigenvalue weighted by Crippen LogP contribution is -2.05. The summed E-state index contributed by atoms with van der Waals surface area (Å²) in [6.45, 7) is 2.62. The number of ether oxygens (including phenoxy) is 1. The van der Waals surface area contributed by atoms with Crippen LogP contribution >= 0.6 is 0 Å². The maximum Gasteiger partial charge on any atom is 0.341 e. The number of nitrogens with zero attached hydrogens (tertiary/aromatic N) is 1. The lowest BCUT2D eigenvalue weighted by molar-refractivity contribution is 0.0691. The van der Waals surface area contributed by atoms with Gasteiger partial charge in [0, 0.05) is 6.20 Å². The first-order chi connectivity index (χ1) is 7.25. The number of aromatic carboxylic acids is 1. The number of unbranched alkanes of at least 4 members (excludes halogenated alkanes) is 2. The summed E-state index contributed by atoms with van der Waals surface area (Å²) in [6, 6.07) is 3.08. The minimum Gasteiger partial charge on any atom is -0.477 e. The first-order valence-electron chi connectivity index (χ1n) is 5.06. The molecule has 1 N–H and O–H groups in total. The van der Waals surface area contributed by atoms with Crippen molar-refractivity contribution in [2.24, 2.45) is 0 Å². The van der Waals surface area contributed by atoms with Crippen LogP contribution in [0.25, 0.3) is 0 Å². The van der Waals surface area contributed by atoms with Crippen molar-refractivity contribution in [2.75, 3.05) is 6.61 Å². The molecular formula is C11H15NO3. The van der Waals surface area contributed by atoms with Crippen LogP contribution in [0.3, 0.4) is 0 Å². The molecule has 0 amide bonds. The van der Waals surface area contributed by atoms with E-state index >= 15 is 0 Å². The standard InChI is InChI=1S/C11H15NO3/c1-2-3-4-8-15-10-9(11(13)14)6-5-7-12-10/h5-7H,2-4,8H2,1H3,(H,13,14). The fourth-order valence-corrected chi connectivity index (χ4v) is 1.19. The van der Waals surface area contributed by atoms with Gasteiger partial charge in [0.25, 0.3) is 0 Å². The Morgan fingerprint density at radius 1 is 1.53 bits per heavy atom. The molecule has 0 unspecified atom stereocenters. The van der Waals surface area contributed by atoms with Crippen molar-refractivity contribution < 1.29 is 14.6 Å². The van der Waals surface area contributed by atoms with E-state index in [4.69, 9.17) is 9.84 Å². The van der Waals surface area contributed by atoms with Crippen molar-refractivity contribution in [3.05, 3.63) is 23.9 Å². The van der Waals surface area contributed by atoms with Crippen LogP contribution in [0.15, 0.2) is 18.3 Å². The molecule has 82 valence electrons. The van der Waals surface area contributed by atoms with Gasteiger partial charge in [0.15, 0.2) is 0 Å². The number of rotatable bonds is 6. The van der Waals surface area contributed by atoms with Gasteiger partial charge >= 0.3 is 5.97 Å². The van der Waals surface area contributed by atoms with Gasteiger partial charge in [-0.25, -0.2) is 9.78 Å². The van der Waals surface area contributed by atoms with Crippen molar-refractivity contribution in [2.45, 2.75) is 26.2 Å². The summed E-state index contributed by atoms with van der Waals surface area (Å²) < 4.78 is 5.31. The molecule has 0 spiro atoms. The van der Waals surface area contributed by atoms with Crippen LogP contribution in [0.4, 0.5) is 0 Å². The van der Waals surface area contributed by atoms with Gasteiger partial charge in [-0.3, -0.25) is 0 Å². The molecule has 4 nitrogen and oxygen atoms in total. The molecule has 0 saturated carbocycles. The molecular weight excluding hydrogens is 194 g/mol. The van der Waals surface area contributed by atoms with Gasteiger partial charge in [-0.2, -0.15) is 0 Å². The minimum absolute atomic E-state index is 0.119. The predicted octanol–water partition coefficient (Wildman–Crippen LogP) is 2.35. The average Bonchev–Trinajstić information content (AvgIpc) is 2.25. The molecule has 0 saturated heterocycles. The van der Waals surface area contributed by atoms with Gasteiger partial charge in [-0.05, 0) is 18.6 Å². The van der Waals surface area contributed by atoms with Crippen molar-refractivity contribution in [1.29, 1.82) is 0 Å². The Morgan fingerprint density at radius 3 is 3.00 bits per heavy atom. The maximum absolute atomic E-state index is 10.8. The Hall–Kier alpha value is -1.58. The summed E-state index contributed by atoms with van der Waals surface area (Å²) >= 11 is 0. The highest BCUT2D eigenvalue weighted by atomic mass is 16.5. The van der Waals surface area contributed by atoms with Crippen molar-refractivity contribution in [3.8, 4) is 5.88 Å². The van der Waals surface area contributed by atoms with E-state index in [0.29, 0.717) is 6.61 Å². The second-order valence-corrected chi connectivity index (χ2v) is 3.22. The quantitative estimate of drug-likeness (QED) is 0.730. The van der Waals surface area contributed by atoms with E-state index in [1.54, 1.807) is 6.07 Å². The first-order valence-corrected chi connectivity index (χ1v) is 5.06. The second-order valence-electron chi connectivity index (χ2n) is 3.22. The molecule has 0 aliphatic carbocycles. The lowest BCUT2D eigenvalue weighted by Gasteiger charge is -2.06. The van der Waals surface area contributed by atoms with Gasteiger partial charge in [-0.1, -0.05) is 19.8 Å². The van der Waals surface area contributed by atoms with E-state index in [0.717, 1.165) is 19.3 Å². The number of hydrogen-bond acceptors (Lipinski definition) is 3. The minimum atomic E-state index is -1.01. The SMILES string of the molecule is CCCCCOc1ncccc1C(=O)O. The molecule has 1 heterocycles. The highest BCUT2D eigenvalue weighted by Gasteiger charge is 2.10. The number of hydrogen-bond donors (Lipinski definition) is 1. The smallest absolute Gasteiger partial charge is 0.341 e. The Balaban J connectivity index is 2.56. The van der Waals surface area contributed by atoms with Crippen molar-refractivity contribution in [1.82, 2.24) is 4.98 Å². The van der Waals surface area contributed by atoms with Gasteiger partial charge in [-0.15, -0.1) is 0 Å². The molecule has 0 aliphatic heterocycles. The van der Waals surface area contributed by atoms with Gasteiger partial charge < -0.3 is 9.84 Å². The summed E-state index contributed by atoms with van der Waals surface area (Å²) in [7, 11) is 0. The third-order valence-electron chi connectivity index (χ3n) is 1.99. The normalized spacial score (nSPS) is 9.93. The fourth-order valence-electron chi connectivity index (χ4n) is 1.19. The summed E-state index contributed by atoms with van der Waals surface area (Å²) in [4.78, 5) is 14.7. The summed E-state index contributed by atoms with van der Waals surface area (Å²) in [6.07, 6.45) is 4.64. The van der Waals surface area contributed by atoms with Crippen LogP contribution in [0, 0.1) is 0 Å². The van der Waals surface area contributed by atoms with E-state index in [1.165, 1.54) is 12.3 Å². The Kier molecular flexibility index (Phi) is 4.60. The number of carbonyl (C=O) groups is 1. The summed E-state index contributed by atoms with van der Waals surface area (Å²) in [5.41, 5.74) is 0.119. The average molecular weight is 209 g/mol. The molecule has 0 aliphatic rings. The van der Waals surface area contributed by atoms with E-state index in [-0.39, 0.29) is 11.4 Å². The van der Waals surface area contributed by atoms with Crippen LogP contribution < -0.4 is 4.74 Å². The zero-order chi connectivity index (χ0) is 11.1. The molecule has 1 aromatic heterocycles. The van der Waals surface area contributed by atoms with E-state index < -0.39 is 5.97 Å². The van der Waals surface area contributed by atoms with Gasteiger partial charge in [0.05, 0.1) is 6.61 Å². The molecule has 0 bridgehead atoms. The topological polar surface area (TPSA) is 59.4 Å². The van der Waals surface area contributed by atoms with E-state index in [9.17, 15) is 4.79 Å². The van der Waals surface area contributed by atoms with Crippen LogP contribution in [0.1, 0.15) is 36.5 Å². The molecule has 4 heteroatoms. The third kappa shape index (κ3) is 3.58. The molecule has 0 radical (unpaired) electrons. The maximum atomic E-state index is 10.8. The van der Waals surface area contributed by atoms with E-state index in [2.05, 4.69) is 11.9 Å². The van der Waals surface area contributed by atoms with Crippen LogP contribution in [0.5, 0.6) is 5.88 Å². The Morgan fingerprint density at radius 2 is 2.33 bits per heavy atom. The highest BCUT2D eigenvalue weighted by Crippen LogP contribution is 2.14. The number of carboxylic acid groups (broad SMARTS) is 1. The van der Waals surface area contributed by atoms with Crippen molar-refractivity contribution >= 4 is 5.97 Å². The Labute approximate surface area is 88.9 Å². The monoisotopic (exact) mass is 209 g/mol. The lowest BCUT2D eigenvalue weighted by atomic mass is 10.2. The zero-order valence-corrected chi connectivity index (χ0v) is 8.77. The zero-order valence-electron chi connectivity index (χ0n) is 8.77. The van der Waals surface area contributed by atoms with Crippen molar-refractivity contribution in [3.63, 3.8) is 0 Å². The Bertz CT molecular complexity index is 325. The fraction of sp³-hybridized carbons (Fsp3) is 0.455. The number of pyridine rings is 1. The molecule has 15 heavy (non-hydrogen) atoms. The number of carboxylic acids is 1. The molecule has 0 fully saturated rings. The third-order valence-corrected chi connectivity index (χ3v) is 1.99. The van der Waals surface area contributed by atoms with Crippen LogP contribution in [-0.4, -0.2) is 22.7 Å². The van der Waals surface area contributed by atoms with Gasteiger partial charge in [0.1, 0.15) is 5.56 Å². The van der Waals surface area contributed by atoms with E-state index in [1.807, 2.05) is 0 Å². The van der Waals surface area contributed by atoms with Crippen LogP contribution in [0.2, 0.25) is 0 Å². The van der Waals surface area contributed by atoms with Crippen LogP contribution in [-0.2, 0) is 0 Å². The predicted molar refractivity (Wildman–Crippen MR) is 56.2 cm³/mol. The summed E-state index contributed by atoms with van der Waals surface area (Å²) in [5, 5.41) is 8.85. The summed E-state index contributed by atoms with van der Waals surface area (Å²) in [5.74, 6) is -0.797. The molecule has 0 atom stereocenters. The number of aromatic nitrogens is 1. The molecule has 1 aromatic rings.